The van der Waals surface area contributed by atoms with Crippen LogP contribution in [0.2, 0.25) is 0 Å². The topological polar surface area (TPSA) is 82.6 Å². The number of nitrogens with zero attached hydrogens (tertiary/aromatic N) is 3. The van der Waals surface area contributed by atoms with E-state index in [0.29, 0.717) is 15.5 Å². The largest absolute Gasteiger partial charge is 0.351 e. The summed E-state index contributed by atoms with van der Waals surface area (Å²) in [5.74, 6) is -1.74. The molecule has 0 spiro atoms. The zero-order valence-electron chi connectivity index (χ0n) is 15.4. The molecule has 7 nitrogen and oxygen atoms in total. The van der Waals surface area contributed by atoms with Gasteiger partial charge in [0, 0.05) is 37.6 Å². The number of nitrogens with one attached hydrogen (secondary N) is 1. The first kappa shape index (κ1) is 21.9. The van der Waals surface area contributed by atoms with Crippen molar-refractivity contribution in [2.45, 2.75) is 0 Å². The lowest BCUT2D eigenvalue weighted by molar-refractivity contribution is -0.121. The zero-order valence-corrected chi connectivity index (χ0v) is 17.9. The standard InChI is InChI=1S/C18H20N4O3S3/c1-21(17(26)14-7-4-3-5-8-14)13-28(24,25)12-16(23)20-22(2)18(27)15-9-6-10-19-11-15/h3-11H,12-13H2,1-2H3,(H,20,23). The second-order valence-electron chi connectivity index (χ2n) is 6.03. The molecule has 28 heavy (non-hydrogen) atoms. The number of hydrogen-bond donors (Lipinski definition) is 1. The third-order valence-electron chi connectivity index (χ3n) is 3.61. The van der Waals surface area contributed by atoms with Crippen molar-refractivity contribution in [3.8, 4) is 0 Å². The summed E-state index contributed by atoms with van der Waals surface area (Å²) in [7, 11) is -0.609. The van der Waals surface area contributed by atoms with E-state index >= 15 is 0 Å². The van der Waals surface area contributed by atoms with Gasteiger partial charge in [0.2, 0.25) is 0 Å². The number of amides is 1. The van der Waals surface area contributed by atoms with Crippen molar-refractivity contribution in [3.05, 3.63) is 66.0 Å². The minimum absolute atomic E-state index is 0.321. The molecule has 1 heterocycles. The van der Waals surface area contributed by atoms with E-state index in [1.807, 2.05) is 18.2 Å². The monoisotopic (exact) mass is 436 g/mol. The van der Waals surface area contributed by atoms with Gasteiger partial charge >= 0.3 is 0 Å². The number of sulfone groups is 1. The number of hydrogen-bond acceptors (Lipinski definition) is 6. The lowest BCUT2D eigenvalue weighted by atomic mass is 10.2. The van der Waals surface area contributed by atoms with Crippen LogP contribution in [0.4, 0.5) is 0 Å². The van der Waals surface area contributed by atoms with Crippen molar-refractivity contribution in [1.82, 2.24) is 20.3 Å². The van der Waals surface area contributed by atoms with Gasteiger partial charge in [0.05, 0.1) is 0 Å². The Morgan fingerprint density at radius 1 is 1.04 bits per heavy atom. The summed E-state index contributed by atoms with van der Waals surface area (Å²) in [6.07, 6.45) is 3.16. The Labute approximate surface area is 175 Å². The van der Waals surface area contributed by atoms with Gasteiger partial charge in [-0.2, -0.15) is 0 Å². The van der Waals surface area contributed by atoms with E-state index in [9.17, 15) is 13.2 Å². The van der Waals surface area contributed by atoms with Gasteiger partial charge in [-0.05, 0) is 12.1 Å². The fourth-order valence-electron chi connectivity index (χ4n) is 2.35. The maximum Gasteiger partial charge on any atom is 0.253 e. The summed E-state index contributed by atoms with van der Waals surface area (Å²) in [4.78, 5) is 18.3. The number of thiocarbonyl (C=S) groups is 2. The van der Waals surface area contributed by atoms with Crippen molar-refractivity contribution < 1.29 is 13.2 Å². The molecular weight excluding hydrogens is 416 g/mol. The van der Waals surface area contributed by atoms with Crippen LogP contribution in [-0.2, 0) is 14.6 Å². The van der Waals surface area contributed by atoms with Gasteiger partial charge in [0.15, 0.2) is 9.84 Å². The SMILES string of the molecule is CN(CS(=O)(=O)CC(=O)NN(C)C(=S)c1cccnc1)C(=S)c1ccccc1. The molecule has 0 radical (unpaired) electrons. The Bertz CT molecular complexity index is 951. The Balaban J connectivity index is 1.93. The van der Waals surface area contributed by atoms with Crippen LogP contribution in [0.25, 0.3) is 0 Å². The quantitative estimate of drug-likeness (QED) is 0.538. The molecule has 148 valence electrons. The first-order chi connectivity index (χ1) is 13.2. The maximum atomic E-state index is 12.4. The van der Waals surface area contributed by atoms with Crippen LogP contribution in [0, 0.1) is 0 Å². The number of aromatic nitrogens is 1. The van der Waals surface area contributed by atoms with Gasteiger partial charge in [-0.15, -0.1) is 0 Å². The maximum absolute atomic E-state index is 12.4. The van der Waals surface area contributed by atoms with Crippen molar-refractivity contribution >= 4 is 50.2 Å². The number of carbonyl (C=O) groups is 1. The molecule has 2 rings (SSSR count). The molecule has 10 heteroatoms. The van der Waals surface area contributed by atoms with Crippen LogP contribution in [0.1, 0.15) is 11.1 Å². The predicted molar refractivity (Wildman–Crippen MR) is 116 cm³/mol. The average molecular weight is 437 g/mol. The first-order valence-corrected chi connectivity index (χ1v) is 10.8. The van der Waals surface area contributed by atoms with Crippen LogP contribution in [0.15, 0.2) is 54.9 Å². The minimum Gasteiger partial charge on any atom is -0.351 e. The molecule has 0 aliphatic heterocycles. The normalized spacial score (nSPS) is 10.8. The van der Waals surface area contributed by atoms with Crippen LogP contribution < -0.4 is 5.43 Å². The van der Waals surface area contributed by atoms with Crippen molar-refractivity contribution in [3.63, 3.8) is 0 Å². The number of pyridine rings is 1. The van der Waals surface area contributed by atoms with Crippen LogP contribution in [-0.4, -0.2) is 64.9 Å². The van der Waals surface area contributed by atoms with E-state index < -0.39 is 21.5 Å². The third kappa shape index (κ3) is 6.32. The minimum atomic E-state index is -3.72. The smallest absolute Gasteiger partial charge is 0.253 e. The summed E-state index contributed by atoms with van der Waals surface area (Å²) in [5.41, 5.74) is 3.84. The van der Waals surface area contributed by atoms with Gasteiger partial charge in [-0.1, -0.05) is 54.8 Å². The second-order valence-corrected chi connectivity index (χ2v) is 8.83. The lowest BCUT2D eigenvalue weighted by Gasteiger charge is -2.22. The molecule has 0 aliphatic rings. The van der Waals surface area contributed by atoms with E-state index in [-0.39, 0.29) is 5.88 Å². The molecule has 1 aromatic carbocycles. The molecule has 0 saturated carbocycles. The summed E-state index contributed by atoms with van der Waals surface area (Å²) in [6, 6.07) is 12.5. The summed E-state index contributed by atoms with van der Waals surface area (Å²) in [6.45, 7) is 0. The molecule has 0 aliphatic carbocycles. The molecule has 1 aromatic heterocycles. The highest BCUT2D eigenvalue weighted by Crippen LogP contribution is 2.07. The molecule has 0 atom stereocenters. The van der Waals surface area contributed by atoms with E-state index in [1.165, 1.54) is 17.0 Å². The van der Waals surface area contributed by atoms with E-state index in [4.69, 9.17) is 24.4 Å². The highest BCUT2D eigenvalue weighted by atomic mass is 32.2. The summed E-state index contributed by atoms with van der Waals surface area (Å²) in [5, 5.41) is 1.29. The van der Waals surface area contributed by atoms with Crippen molar-refractivity contribution in [1.29, 1.82) is 0 Å². The summed E-state index contributed by atoms with van der Waals surface area (Å²) >= 11 is 10.6. The van der Waals surface area contributed by atoms with Gasteiger partial charge in [0.1, 0.15) is 21.6 Å². The molecule has 1 amide bonds. The Kier molecular flexibility index (Phi) is 7.55. The van der Waals surface area contributed by atoms with E-state index in [1.54, 1.807) is 43.7 Å². The fourth-order valence-corrected chi connectivity index (χ4v) is 4.08. The first-order valence-electron chi connectivity index (χ1n) is 8.18. The van der Waals surface area contributed by atoms with Gasteiger partial charge in [-0.3, -0.25) is 20.2 Å². The fraction of sp³-hybridized carbons (Fsp3) is 0.222. The van der Waals surface area contributed by atoms with Crippen LogP contribution in [0.5, 0.6) is 0 Å². The number of hydrazine groups is 1. The number of rotatable bonds is 6. The lowest BCUT2D eigenvalue weighted by Crippen LogP contribution is -2.46. The molecule has 2 aromatic rings. The predicted octanol–water partition coefficient (Wildman–Crippen LogP) is 1.40. The second kappa shape index (κ2) is 9.67. The third-order valence-corrected chi connectivity index (χ3v) is 6.15. The molecule has 0 unspecified atom stereocenters. The number of benzene rings is 1. The Morgan fingerprint density at radius 2 is 1.68 bits per heavy atom. The van der Waals surface area contributed by atoms with Gasteiger partial charge < -0.3 is 4.90 Å². The molecule has 0 saturated heterocycles. The summed E-state index contributed by atoms with van der Waals surface area (Å²) < 4.78 is 24.8. The van der Waals surface area contributed by atoms with Crippen molar-refractivity contribution in [2.75, 3.05) is 25.7 Å². The molecular formula is C18H20N4O3S3. The molecule has 1 N–H and O–H groups in total. The van der Waals surface area contributed by atoms with Gasteiger partial charge in [0.25, 0.3) is 5.91 Å². The van der Waals surface area contributed by atoms with Crippen LogP contribution in [0.3, 0.4) is 0 Å². The average Bonchev–Trinajstić information content (AvgIpc) is 2.67. The van der Waals surface area contributed by atoms with E-state index in [0.717, 1.165) is 5.56 Å². The van der Waals surface area contributed by atoms with E-state index in [2.05, 4.69) is 10.4 Å². The zero-order chi connectivity index (χ0) is 20.7. The highest BCUT2D eigenvalue weighted by molar-refractivity contribution is 7.92. The number of carbonyl (C=O) groups excluding carboxylic acids is 1. The molecule has 0 bridgehead atoms. The molecule has 0 fully saturated rings. The van der Waals surface area contributed by atoms with Crippen molar-refractivity contribution in [2.24, 2.45) is 0 Å². The Morgan fingerprint density at radius 3 is 2.29 bits per heavy atom. The Hall–Kier alpha value is -2.43. The van der Waals surface area contributed by atoms with Crippen LogP contribution >= 0.6 is 24.4 Å². The van der Waals surface area contributed by atoms with Gasteiger partial charge in [-0.25, -0.2) is 8.42 Å². The highest BCUT2D eigenvalue weighted by Gasteiger charge is 2.22.